The molecule has 0 unspecified atom stereocenters. The van der Waals surface area contributed by atoms with Crippen molar-refractivity contribution in [2.45, 2.75) is 43.4 Å². The van der Waals surface area contributed by atoms with Crippen LogP contribution in [0.1, 0.15) is 39.9 Å². The molecule has 0 atom stereocenters. The molecule has 28 heavy (non-hydrogen) atoms. The van der Waals surface area contributed by atoms with Gasteiger partial charge in [-0.1, -0.05) is 29.8 Å². The molecule has 1 fully saturated rings. The lowest BCUT2D eigenvalue weighted by molar-refractivity contribution is -0.139. The number of hydrogen-bond donors (Lipinski definition) is 3. The molecule has 1 aliphatic carbocycles. The fraction of sp³-hybridized carbons (Fsp3) is 0.286. The summed E-state index contributed by atoms with van der Waals surface area (Å²) in [6, 6.07) is 13.6. The van der Waals surface area contributed by atoms with Crippen molar-refractivity contribution in [3.05, 3.63) is 64.7 Å². The van der Waals surface area contributed by atoms with Gasteiger partial charge in [0, 0.05) is 22.3 Å². The molecule has 0 radical (unpaired) electrons. The van der Waals surface area contributed by atoms with Crippen LogP contribution in [-0.2, 0) is 15.3 Å². The first-order chi connectivity index (χ1) is 13.4. The van der Waals surface area contributed by atoms with E-state index in [9.17, 15) is 14.4 Å². The average molecular weight is 398 g/mol. The Labute approximate surface area is 168 Å². The van der Waals surface area contributed by atoms with Crippen LogP contribution >= 0.6 is 11.8 Å². The molecule has 0 saturated heterocycles. The normalized spacial score (nSPS) is 12.9. The molecule has 0 aliphatic heterocycles. The van der Waals surface area contributed by atoms with Gasteiger partial charge in [0.25, 0.3) is 5.91 Å². The molecule has 2 aromatic rings. The molecular formula is C21H23N3O3S. The smallest absolute Gasteiger partial charge is 0.327 e. The van der Waals surface area contributed by atoms with Crippen LogP contribution in [0.25, 0.3) is 0 Å². The van der Waals surface area contributed by atoms with Gasteiger partial charge in [0.15, 0.2) is 0 Å². The summed E-state index contributed by atoms with van der Waals surface area (Å²) < 4.78 is 0. The molecule has 0 spiro atoms. The van der Waals surface area contributed by atoms with Crippen molar-refractivity contribution in [1.82, 2.24) is 16.2 Å². The Bertz CT molecular complexity index is 910. The summed E-state index contributed by atoms with van der Waals surface area (Å²) in [4.78, 5) is 36.7. The minimum atomic E-state index is -0.873. The van der Waals surface area contributed by atoms with Gasteiger partial charge in [0.1, 0.15) is 0 Å². The van der Waals surface area contributed by atoms with Gasteiger partial charge in [-0.2, -0.15) is 0 Å². The van der Waals surface area contributed by atoms with Crippen molar-refractivity contribution in [3.63, 3.8) is 0 Å². The Morgan fingerprint density at radius 3 is 2.50 bits per heavy atom. The van der Waals surface area contributed by atoms with Gasteiger partial charge >= 0.3 is 11.8 Å². The molecule has 1 saturated carbocycles. The largest absolute Gasteiger partial charge is 0.345 e. The van der Waals surface area contributed by atoms with Gasteiger partial charge in [-0.15, -0.1) is 11.8 Å². The molecule has 146 valence electrons. The Hall–Kier alpha value is -2.80. The Morgan fingerprint density at radius 1 is 1.00 bits per heavy atom. The van der Waals surface area contributed by atoms with E-state index >= 15 is 0 Å². The highest BCUT2D eigenvalue weighted by atomic mass is 32.2. The summed E-state index contributed by atoms with van der Waals surface area (Å²) >= 11 is 1.71. The second kappa shape index (κ2) is 8.93. The molecule has 2 aromatic carbocycles. The maximum Gasteiger partial charge on any atom is 0.327 e. The minimum absolute atomic E-state index is 0.0836. The Morgan fingerprint density at radius 2 is 1.79 bits per heavy atom. The van der Waals surface area contributed by atoms with E-state index in [1.54, 1.807) is 30.0 Å². The zero-order chi connectivity index (χ0) is 20.1. The van der Waals surface area contributed by atoms with Crippen molar-refractivity contribution in [3.8, 4) is 0 Å². The van der Waals surface area contributed by atoms with Crippen LogP contribution in [-0.4, -0.2) is 23.8 Å². The zero-order valence-electron chi connectivity index (χ0n) is 15.9. The highest BCUT2D eigenvalue weighted by molar-refractivity contribution is 7.98. The molecule has 7 heteroatoms. The first-order valence-electron chi connectivity index (χ1n) is 9.12. The van der Waals surface area contributed by atoms with Gasteiger partial charge < -0.3 is 5.32 Å². The lowest BCUT2D eigenvalue weighted by Crippen LogP contribution is -2.49. The highest BCUT2D eigenvalue weighted by Gasteiger charge is 2.26. The standard InChI is InChI=1S/C21H23N3O3S/c1-13-6-9-18(14(2)10-13)28-12-15-4-3-5-16(11-15)19(25)23-24-21(27)20(26)22-17-7-8-17/h3-6,9-11,17H,7-8,12H2,1-2H3,(H,22,26)(H,23,25)(H,24,27). The van der Waals surface area contributed by atoms with Crippen molar-refractivity contribution >= 4 is 29.5 Å². The molecule has 6 nitrogen and oxygen atoms in total. The van der Waals surface area contributed by atoms with Gasteiger partial charge in [-0.05, 0) is 56.0 Å². The van der Waals surface area contributed by atoms with E-state index in [-0.39, 0.29) is 6.04 Å². The number of hydrazine groups is 1. The third-order valence-electron chi connectivity index (χ3n) is 4.32. The molecule has 1 aliphatic rings. The van der Waals surface area contributed by atoms with E-state index < -0.39 is 17.7 Å². The van der Waals surface area contributed by atoms with E-state index in [2.05, 4.69) is 48.2 Å². The number of amides is 3. The fourth-order valence-corrected chi connectivity index (χ4v) is 3.60. The first kappa shape index (κ1) is 19.9. The number of hydrogen-bond acceptors (Lipinski definition) is 4. The Kier molecular flexibility index (Phi) is 6.36. The van der Waals surface area contributed by atoms with E-state index in [4.69, 9.17) is 0 Å². The third-order valence-corrected chi connectivity index (χ3v) is 5.57. The lowest BCUT2D eigenvalue weighted by atomic mass is 10.1. The summed E-state index contributed by atoms with van der Waals surface area (Å²) in [5.41, 5.74) is 8.30. The number of thioether (sulfide) groups is 1. The minimum Gasteiger partial charge on any atom is -0.345 e. The quantitative estimate of drug-likeness (QED) is 0.411. The number of aryl methyl sites for hydroxylation is 2. The van der Waals surface area contributed by atoms with E-state index in [0.717, 1.165) is 24.2 Å². The van der Waals surface area contributed by atoms with E-state index in [1.165, 1.54) is 16.0 Å². The third kappa shape index (κ3) is 5.60. The van der Waals surface area contributed by atoms with Crippen LogP contribution in [0.2, 0.25) is 0 Å². The van der Waals surface area contributed by atoms with Crippen LogP contribution in [0, 0.1) is 13.8 Å². The van der Waals surface area contributed by atoms with Crippen LogP contribution in [0.4, 0.5) is 0 Å². The summed E-state index contributed by atoms with van der Waals surface area (Å²) in [6.07, 6.45) is 1.77. The second-order valence-corrected chi connectivity index (χ2v) is 7.93. The highest BCUT2D eigenvalue weighted by Crippen LogP contribution is 2.27. The average Bonchev–Trinajstić information content (AvgIpc) is 3.49. The van der Waals surface area contributed by atoms with Crippen LogP contribution in [0.5, 0.6) is 0 Å². The van der Waals surface area contributed by atoms with E-state index in [1.807, 2.05) is 6.07 Å². The number of nitrogens with one attached hydrogen (secondary N) is 3. The zero-order valence-corrected chi connectivity index (χ0v) is 16.7. The molecule has 0 aromatic heterocycles. The van der Waals surface area contributed by atoms with Crippen molar-refractivity contribution in [2.24, 2.45) is 0 Å². The number of benzene rings is 2. The SMILES string of the molecule is Cc1ccc(SCc2cccc(C(=O)NNC(=O)C(=O)NC3CC3)c2)c(C)c1. The maximum absolute atomic E-state index is 12.3. The topological polar surface area (TPSA) is 87.3 Å². The van der Waals surface area contributed by atoms with Gasteiger partial charge in [0.2, 0.25) is 0 Å². The molecule has 3 rings (SSSR count). The summed E-state index contributed by atoms with van der Waals surface area (Å²) in [7, 11) is 0. The van der Waals surface area contributed by atoms with E-state index in [0.29, 0.717) is 5.56 Å². The van der Waals surface area contributed by atoms with Crippen molar-refractivity contribution in [2.75, 3.05) is 0 Å². The van der Waals surface area contributed by atoms with Gasteiger partial charge in [0.05, 0.1) is 0 Å². The Balaban J connectivity index is 1.53. The predicted molar refractivity (Wildman–Crippen MR) is 109 cm³/mol. The lowest BCUT2D eigenvalue weighted by Gasteiger charge is -2.09. The van der Waals surface area contributed by atoms with Crippen molar-refractivity contribution < 1.29 is 14.4 Å². The number of carbonyl (C=O) groups excluding carboxylic acids is 3. The molecule has 0 bridgehead atoms. The van der Waals surface area contributed by atoms with Gasteiger partial charge in [-0.3, -0.25) is 25.2 Å². The number of carbonyl (C=O) groups is 3. The fourth-order valence-electron chi connectivity index (χ4n) is 2.65. The summed E-state index contributed by atoms with van der Waals surface area (Å²) in [5.74, 6) is -1.35. The van der Waals surface area contributed by atoms with Crippen molar-refractivity contribution in [1.29, 1.82) is 0 Å². The predicted octanol–water partition coefficient (Wildman–Crippen LogP) is 2.64. The van der Waals surface area contributed by atoms with Crippen LogP contribution in [0.15, 0.2) is 47.4 Å². The second-order valence-electron chi connectivity index (χ2n) is 6.91. The van der Waals surface area contributed by atoms with Crippen LogP contribution in [0.3, 0.4) is 0 Å². The van der Waals surface area contributed by atoms with Crippen LogP contribution < -0.4 is 16.2 Å². The molecule has 3 amide bonds. The molecule has 3 N–H and O–H groups in total. The summed E-state index contributed by atoms with van der Waals surface area (Å²) in [6.45, 7) is 4.15. The first-order valence-corrected chi connectivity index (χ1v) is 10.1. The molecule has 0 heterocycles. The maximum atomic E-state index is 12.3. The monoisotopic (exact) mass is 397 g/mol. The van der Waals surface area contributed by atoms with Gasteiger partial charge in [-0.25, -0.2) is 0 Å². The summed E-state index contributed by atoms with van der Waals surface area (Å²) in [5, 5.41) is 2.56. The molecular weight excluding hydrogens is 374 g/mol. The number of rotatable bonds is 5.